The van der Waals surface area contributed by atoms with Crippen molar-refractivity contribution in [1.82, 2.24) is 10.3 Å². The van der Waals surface area contributed by atoms with E-state index in [1.165, 1.54) is 5.56 Å². The van der Waals surface area contributed by atoms with Crippen molar-refractivity contribution < 1.29 is 9.21 Å². The van der Waals surface area contributed by atoms with Gasteiger partial charge in [-0.15, -0.1) is 11.8 Å². The smallest absolute Gasteiger partial charge is 0.230 e. The molecule has 23 heavy (non-hydrogen) atoms. The van der Waals surface area contributed by atoms with E-state index in [9.17, 15) is 4.79 Å². The molecule has 3 rings (SSSR count). The Morgan fingerprint density at radius 1 is 1.22 bits per heavy atom. The number of nitrogens with zero attached hydrogens (tertiary/aromatic N) is 1. The van der Waals surface area contributed by atoms with Gasteiger partial charge in [0.15, 0.2) is 0 Å². The summed E-state index contributed by atoms with van der Waals surface area (Å²) in [5, 5.41) is 4.02. The number of carbonyl (C=O) groups is 1. The third kappa shape index (κ3) is 3.93. The van der Waals surface area contributed by atoms with Crippen molar-refractivity contribution in [2.45, 2.75) is 19.2 Å². The molecule has 0 radical (unpaired) electrons. The van der Waals surface area contributed by atoms with Gasteiger partial charge in [-0.05, 0) is 30.7 Å². The van der Waals surface area contributed by atoms with Gasteiger partial charge >= 0.3 is 0 Å². The fourth-order valence-corrected chi connectivity index (χ4v) is 3.18. The summed E-state index contributed by atoms with van der Waals surface area (Å²) in [4.78, 5) is 15.9. The Bertz CT molecular complexity index is 799. The maximum absolute atomic E-state index is 11.9. The highest BCUT2D eigenvalue weighted by atomic mass is 32.2. The SMILES string of the molecule is Cc1c(CNC(=O)CSCc2ccncc2)oc2ccccc12. The number of thioether (sulfide) groups is 1. The number of nitrogens with one attached hydrogen (secondary N) is 1. The second kappa shape index (κ2) is 7.33. The molecule has 0 saturated carbocycles. The van der Waals surface area contributed by atoms with Gasteiger partial charge in [0.25, 0.3) is 0 Å². The number of rotatable bonds is 6. The molecular weight excluding hydrogens is 308 g/mol. The first kappa shape index (κ1) is 15.6. The van der Waals surface area contributed by atoms with Crippen LogP contribution in [0.4, 0.5) is 0 Å². The number of amides is 1. The van der Waals surface area contributed by atoms with Crippen LogP contribution in [0.3, 0.4) is 0 Å². The third-order valence-electron chi connectivity index (χ3n) is 3.64. The van der Waals surface area contributed by atoms with Gasteiger partial charge in [-0.25, -0.2) is 0 Å². The monoisotopic (exact) mass is 326 g/mol. The minimum Gasteiger partial charge on any atom is -0.459 e. The quantitative estimate of drug-likeness (QED) is 0.750. The zero-order chi connectivity index (χ0) is 16.1. The first-order chi connectivity index (χ1) is 11.2. The topological polar surface area (TPSA) is 55.1 Å². The van der Waals surface area contributed by atoms with Crippen LogP contribution in [0.15, 0.2) is 53.2 Å². The Balaban J connectivity index is 1.49. The van der Waals surface area contributed by atoms with E-state index in [0.717, 1.165) is 28.0 Å². The predicted molar refractivity (Wildman–Crippen MR) is 93.2 cm³/mol. The number of carbonyl (C=O) groups excluding carboxylic acids is 1. The summed E-state index contributed by atoms with van der Waals surface area (Å²) in [6, 6.07) is 11.8. The van der Waals surface area contributed by atoms with Crippen LogP contribution in [0.1, 0.15) is 16.9 Å². The number of hydrogen-bond acceptors (Lipinski definition) is 4. The Morgan fingerprint density at radius 3 is 2.78 bits per heavy atom. The van der Waals surface area contributed by atoms with Gasteiger partial charge in [0.1, 0.15) is 11.3 Å². The van der Waals surface area contributed by atoms with E-state index < -0.39 is 0 Å². The summed E-state index contributed by atoms with van der Waals surface area (Å²) >= 11 is 1.59. The minimum absolute atomic E-state index is 0.0175. The minimum atomic E-state index is 0.0175. The lowest BCUT2D eigenvalue weighted by molar-refractivity contribution is -0.118. The second-order valence-corrected chi connectivity index (χ2v) is 6.26. The van der Waals surface area contributed by atoms with E-state index in [4.69, 9.17) is 4.42 Å². The van der Waals surface area contributed by atoms with Crippen LogP contribution in [0.25, 0.3) is 11.0 Å². The molecule has 1 amide bonds. The van der Waals surface area contributed by atoms with Crippen LogP contribution in [-0.4, -0.2) is 16.6 Å². The molecule has 3 aromatic rings. The summed E-state index contributed by atoms with van der Waals surface area (Å²) in [5.41, 5.74) is 3.12. The molecule has 5 heteroatoms. The number of fused-ring (bicyclic) bond motifs is 1. The average Bonchev–Trinajstić information content (AvgIpc) is 2.90. The summed E-state index contributed by atoms with van der Waals surface area (Å²) < 4.78 is 5.79. The highest BCUT2D eigenvalue weighted by Crippen LogP contribution is 2.24. The first-order valence-corrected chi connectivity index (χ1v) is 8.60. The molecule has 0 spiro atoms. The lowest BCUT2D eigenvalue weighted by Gasteiger charge is -2.04. The number of hydrogen-bond donors (Lipinski definition) is 1. The van der Waals surface area contributed by atoms with E-state index in [-0.39, 0.29) is 5.91 Å². The van der Waals surface area contributed by atoms with Crippen molar-refractivity contribution in [2.75, 3.05) is 5.75 Å². The number of aryl methyl sites for hydroxylation is 1. The van der Waals surface area contributed by atoms with Gasteiger partial charge in [-0.1, -0.05) is 18.2 Å². The fraction of sp³-hybridized carbons (Fsp3) is 0.222. The van der Waals surface area contributed by atoms with E-state index in [1.54, 1.807) is 24.2 Å². The van der Waals surface area contributed by atoms with Crippen molar-refractivity contribution in [3.8, 4) is 0 Å². The van der Waals surface area contributed by atoms with Crippen LogP contribution in [0.2, 0.25) is 0 Å². The second-order valence-electron chi connectivity index (χ2n) is 5.27. The largest absolute Gasteiger partial charge is 0.459 e. The number of furan rings is 1. The Labute approximate surface area is 139 Å². The van der Waals surface area contributed by atoms with Crippen LogP contribution < -0.4 is 5.32 Å². The van der Waals surface area contributed by atoms with Crippen molar-refractivity contribution >= 4 is 28.6 Å². The first-order valence-electron chi connectivity index (χ1n) is 7.44. The number of benzene rings is 1. The average molecular weight is 326 g/mol. The molecule has 118 valence electrons. The summed E-state index contributed by atoms with van der Waals surface area (Å²) in [5.74, 6) is 2.07. The van der Waals surface area contributed by atoms with Gasteiger partial charge in [-0.2, -0.15) is 0 Å². The van der Waals surface area contributed by atoms with Gasteiger partial charge < -0.3 is 9.73 Å². The summed E-state index contributed by atoms with van der Waals surface area (Å²) in [7, 11) is 0. The summed E-state index contributed by atoms with van der Waals surface area (Å²) in [6.45, 7) is 2.45. The number of para-hydroxylation sites is 1. The normalized spacial score (nSPS) is 10.8. The summed E-state index contributed by atoms with van der Waals surface area (Å²) in [6.07, 6.45) is 3.53. The van der Waals surface area contributed by atoms with Crippen LogP contribution >= 0.6 is 11.8 Å². The van der Waals surface area contributed by atoms with Crippen molar-refractivity contribution in [3.05, 3.63) is 65.7 Å². The number of pyridine rings is 1. The molecule has 2 aromatic heterocycles. The molecule has 0 aliphatic rings. The zero-order valence-corrected chi connectivity index (χ0v) is 13.7. The molecule has 0 fully saturated rings. The molecule has 0 atom stereocenters. The lowest BCUT2D eigenvalue weighted by atomic mass is 10.1. The molecular formula is C18H18N2O2S. The molecule has 0 saturated heterocycles. The van der Waals surface area contributed by atoms with E-state index in [0.29, 0.717) is 12.3 Å². The Morgan fingerprint density at radius 2 is 2.00 bits per heavy atom. The van der Waals surface area contributed by atoms with E-state index in [1.807, 2.05) is 43.3 Å². The van der Waals surface area contributed by atoms with Crippen molar-refractivity contribution in [1.29, 1.82) is 0 Å². The Kier molecular flexibility index (Phi) is 4.98. The highest BCUT2D eigenvalue weighted by Gasteiger charge is 2.11. The fourth-order valence-electron chi connectivity index (χ4n) is 2.36. The van der Waals surface area contributed by atoms with Crippen molar-refractivity contribution in [2.24, 2.45) is 0 Å². The standard InChI is InChI=1S/C18H18N2O2S/c1-13-15-4-2-3-5-16(15)22-17(13)10-20-18(21)12-23-11-14-6-8-19-9-7-14/h2-9H,10-12H2,1H3,(H,20,21). The predicted octanol–water partition coefficient (Wildman–Crippen LogP) is 3.69. The van der Waals surface area contributed by atoms with Crippen LogP contribution in [0.5, 0.6) is 0 Å². The van der Waals surface area contributed by atoms with Gasteiger partial charge in [0.2, 0.25) is 5.91 Å². The van der Waals surface area contributed by atoms with Gasteiger partial charge in [0.05, 0.1) is 12.3 Å². The van der Waals surface area contributed by atoms with Crippen molar-refractivity contribution in [3.63, 3.8) is 0 Å². The molecule has 1 N–H and O–H groups in total. The number of aromatic nitrogens is 1. The van der Waals surface area contributed by atoms with E-state index in [2.05, 4.69) is 10.3 Å². The maximum Gasteiger partial charge on any atom is 0.230 e. The molecule has 0 bridgehead atoms. The van der Waals surface area contributed by atoms with Gasteiger partial charge in [0, 0.05) is 29.1 Å². The molecule has 0 unspecified atom stereocenters. The molecule has 0 aliphatic carbocycles. The zero-order valence-electron chi connectivity index (χ0n) is 12.9. The maximum atomic E-state index is 11.9. The molecule has 0 aliphatic heterocycles. The Hall–Kier alpha value is -2.27. The van der Waals surface area contributed by atoms with Crippen LogP contribution in [-0.2, 0) is 17.1 Å². The molecule has 1 aromatic carbocycles. The molecule has 2 heterocycles. The van der Waals surface area contributed by atoms with Gasteiger partial charge in [-0.3, -0.25) is 9.78 Å². The lowest BCUT2D eigenvalue weighted by Crippen LogP contribution is -2.24. The van der Waals surface area contributed by atoms with Crippen LogP contribution in [0, 0.1) is 6.92 Å². The highest BCUT2D eigenvalue weighted by molar-refractivity contribution is 7.99. The third-order valence-corrected chi connectivity index (χ3v) is 4.64. The molecule has 4 nitrogen and oxygen atoms in total. The van der Waals surface area contributed by atoms with E-state index >= 15 is 0 Å².